The number of benzene rings is 1. The summed E-state index contributed by atoms with van der Waals surface area (Å²) in [7, 11) is 1.80. The van der Waals surface area contributed by atoms with Gasteiger partial charge in [0.25, 0.3) is 5.91 Å². The number of halogens is 2. The van der Waals surface area contributed by atoms with Gasteiger partial charge < -0.3 is 10.4 Å². The van der Waals surface area contributed by atoms with Crippen LogP contribution in [-0.2, 0) is 7.05 Å². The third kappa shape index (κ3) is 3.38. The first-order valence-corrected chi connectivity index (χ1v) is 7.74. The number of nitrogens with one attached hydrogen (secondary N) is 1. The Balaban J connectivity index is 1.80. The molecule has 1 amide bonds. The number of hydrogen-bond acceptors (Lipinski definition) is 3. The number of aryl methyl sites for hydroxylation is 1. The van der Waals surface area contributed by atoms with Crippen LogP contribution in [0.15, 0.2) is 30.6 Å². The zero-order chi connectivity index (χ0) is 16.6. The molecule has 0 aliphatic heterocycles. The maximum absolute atomic E-state index is 13.2. The fraction of sp³-hybridized carbons (Fsp3) is 0.375. The third-order valence-corrected chi connectivity index (χ3v) is 4.46. The number of rotatable bonds is 4. The van der Waals surface area contributed by atoms with Gasteiger partial charge in [-0.3, -0.25) is 9.48 Å². The molecule has 1 heterocycles. The minimum atomic E-state index is -0.561. The van der Waals surface area contributed by atoms with Crippen LogP contribution in [0.2, 0.25) is 5.02 Å². The van der Waals surface area contributed by atoms with E-state index in [0.717, 1.165) is 5.56 Å². The van der Waals surface area contributed by atoms with Crippen LogP contribution in [0.1, 0.15) is 34.8 Å². The summed E-state index contributed by atoms with van der Waals surface area (Å²) < 4.78 is 14.9. The minimum Gasteiger partial charge on any atom is -0.393 e. The van der Waals surface area contributed by atoms with E-state index in [2.05, 4.69) is 10.4 Å². The molecule has 0 radical (unpaired) electrons. The van der Waals surface area contributed by atoms with Crippen molar-refractivity contribution in [2.45, 2.75) is 25.0 Å². The lowest BCUT2D eigenvalue weighted by molar-refractivity contribution is 0.0235. The molecule has 2 aromatic rings. The molecule has 0 saturated heterocycles. The van der Waals surface area contributed by atoms with Crippen molar-refractivity contribution < 1.29 is 14.3 Å². The van der Waals surface area contributed by atoms with Crippen molar-refractivity contribution in [1.29, 1.82) is 0 Å². The molecule has 1 aromatic carbocycles. The number of carbonyl (C=O) groups excluding carboxylic acids is 1. The van der Waals surface area contributed by atoms with E-state index in [4.69, 9.17) is 11.6 Å². The summed E-state index contributed by atoms with van der Waals surface area (Å²) in [5.41, 5.74) is 1.18. The van der Waals surface area contributed by atoms with Gasteiger partial charge in [0.15, 0.2) is 0 Å². The molecule has 0 bridgehead atoms. The van der Waals surface area contributed by atoms with E-state index in [1.54, 1.807) is 17.9 Å². The van der Waals surface area contributed by atoms with Crippen LogP contribution in [0.25, 0.3) is 0 Å². The van der Waals surface area contributed by atoms with Gasteiger partial charge in [-0.1, -0.05) is 11.6 Å². The molecular formula is C16H17ClFN3O2. The largest absolute Gasteiger partial charge is 0.393 e. The fourth-order valence-corrected chi connectivity index (χ4v) is 3.02. The second-order valence-electron chi connectivity index (χ2n) is 5.91. The molecule has 7 heteroatoms. The predicted molar refractivity (Wildman–Crippen MR) is 83.6 cm³/mol. The van der Waals surface area contributed by atoms with Crippen LogP contribution < -0.4 is 5.32 Å². The van der Waals surface area contributed by atoms with Gasteiger partial charge in [0, 0.05) is 24.4 Å². The number of aliphatic hydroxyl groups excluding tert-OH is 1. The Bertz CT molecular complexity index is 728. The highest BCUT2D eigenvalue weighted by molar-refractivity contribution is 6.31. The Morgan fingerprint density at radius 2 is 2.26 bits per heavy atom. The molecule has 3 rings (SSSR count). The normalized spacial score (nSPS) is 21.6. The minimum absolute atomic E-state index is 0.0883. The second kappa shape index (κ2) is 6.29. The van der Waals surface area contributed by atoms with Crippen molar-refractivity contribution in [1.82, 2.24) is 15.1 Å². The molecule has 2 N–H and O–H groups in total. The lowest BCUT2D eigenvalue weighted by Crippen LogP contribution is -2.41. The van der Waals surface area contributed by atoms with E-state index < -0.39 is 5.82 Å². The van der Waals surface area contributed by atoms with Crippen molar-refractivity contribution in [3.05, 3.63) is 52.6 Å². The van der Waals surface area contributed by atoms with E-state index in [1.165, 1.54) is 18.2 Å². The van der Waals surface area contributed by atoms with E-state index in [-0.39, 0.29) is 29.0 Å². The van der Waals surface area contributed by atoms with Crippen LogP contribution in [-0.4, -0.2) is 26.9 Å². The van der Waals surface area contributed by atoms with E-state index in [1.807, 2.05) is 6.20 Å². The van der Waals surface area contributed by atoms with Crippen LogP contribution in [0, 0.1) is 11.7 Å². The lowest BCUT2D eigenvalue weighted by atomic mass is 9.75. The first kappa shape index (κ1) is 16.0. The van der Waals surface area contributed by atoms with E-state index >= 15 is 0 Å². The zero-order valence-electron chi connectivity index (χ0n) is 12.5. The monoisotopic (exact) mass is 337 g/mol. The van der Waals surface area contributed by atoms with E-state index in [0.29, 0.717) is 18.4 Å². The fourth-order valence-electron chi connectivity index (χ4n) is 2.84. The first-order valence-electron chi connectivity index (χ1n) is 7.36. The summed E-state index contributed by atoms with van der Waals surface area (Å²) in [6, 6.07) is 3.63. The Morgan fingerprint density at radius 3 is 2.83 bits per heavy atom. The first-order chi connectivity index (χ1) is 10.9. The molecule has 1 atom stereocenters. The Hall–Kier alpha value is -1.92. The highest BCUT2D eigenvalue weighted by Gasteiger charge is 2.36. The average molecular weight is 338 g/mol. The van der Waals surface area contributed by atoms with Crippen molar-refractivity contribution >= 4 is 17.5 Å². The number of hydrogen-bond donors (Lipinski definition) is 2. The highest BCUT2D eigenvalue weighted by Crippen LogP contribution is 2.38. The maximum atomic E-state index is 13.2. The van der Waals surface area contributed by atoms with Gasteiger partial charge in [-0.2, -0.15) is 5.10 Å². The van der Waals surface area contributed by atoms with Crippen molar-refractivity contribution in [2.24, 2.45) is 13.0 Å². The smallest absolute Gasteiger partial charge is 0.251 e. The topological polar surface area (TPSA) is 67.2 Å². The summed E-state index contributed by atoms with van der Waals surface area (Å²) >= 11 is 5.73. The molecular weight excluding hydrogens is 321 g/mol. The highest BCUT2D eigenvalue weighted by atomic mass is 35.5. The van der Waals surface area contributed by atoms with Crippen LogP contribution in [0.4, 0.5) is 4.39 Å². The predicted octanol–water partition coefficient (Wildman–Crippen LogP) is 2.45. The van der Waals surface area contributed by atoms with Crippen LogP contribution in [0.3, 0.4) is 0 Å². The molecule has 23 heavy (non-hydrogen) atoms. The summed E-state index contributed by atoms with van der Waals surface area (Å²) in [6.45, 7) is 0. The maximum Gasteiger partial charge on any atom is 0.251 e. The van der Waals surface area contributed by atoms with Gasteiger partial charge in [-0.25, -0.2) is 4.39 Å². The Morgan fingerprint density at radius 1 is 1.52 bits per heavy atom. The molecule has 1 aromatic heterocycles. The van der Waals surface area contributed by atoms with Crippen LogP contribution in [0.5, 0.6) is 0 Å². The molecule has 1 unspecified atom stereocenters. The second-order valence-corrected chi connectivity index (χ2v) is 6.32. The number of aromatic nitrogens is 2. The number of nitrogens with zero attached hydrogens (tertiary/aromatic N) is 2. The van der Waals surface area contributed by atoms with E-state index in [9.17, 15) is 14.3 Å². The van der Waals surface area contributed by atoms with Gasteiger partial charge in [0.05, 0.1) is 23.4 Å². The third-order valence-electron chi connectivity index (χ3n) is 4.17. The molecule has 1 fully saturated rings. The van der Waals surface area contributed by atoms with Gasteiger partial charge in [0.2, 0.25) is 0 Å². The molecule has 1 aliphatic rings. The standard InChI is InChI=1S/C16H17ClFN3O2/c1-21-8-11(7-19-21)15(10-4-12(22)5-10)20-16(23)9-2-3-14(18)13(17)6-9/h2-3,6-8,10,12,15,22H,4-5H2,1H3,(H,20,23). The zero-order valence-corrected chi connectivity index (χ0v) is 13.3. The van der Waals surface area contributed by atoms with Crippen molar-refractivity contribution in [2.75, 3.05) is 0 Å². The van der Waals surface area contributed by atoms with Crippen LogP contribution >= 0.6 is 11.6 Å². The number of aliphatic hydroxyl groups is 1. The summed E-state index contributed by atoms with van der Waals surface area (Å²) in [4.78, 5) is 12.4. The number of carbonyl (C=O) groups is 1. The lowest BCUT2D eigenvalue weighted by Gasteiger charge is -2.37. The molecule has 122 valence electrons. The number of amides is 1. The molecule has 1 saturated carbocycles. The SMILES string of the molecule is Cn1cc(C(NC(=O)c2ccc(F)c(Cl)c2)C2CC(O)C2)cn1. The van der Waals surface area contributed by atoms with Crippen molar-refractivity contribution in [3.63, 3.8) is 0 Å². The Labute approximate surface area is 138 Å². The summed E-state index contributed by atoms with van der Waals surface area (Å²) in [5.74, 6) is -0.745. The molecule has 5 nitrogen and oxygen atoms in total. The average Bonchev–Trinajstić information content (AvgIpc) is 2.91. The molecule has 0 spiro atoms. The van der Waals surface area contributed by atoms with Crippen molar-refractivity contribution in [3.8, 4) is 0 Å². The quantitative estimate of drug-likeness (QED) is 0.900. The molecule has 1 aliphatic carbocycles. The van der Waals surface area contributed by atoms with Gasteiger partial charge in [0.1, 0.15) is 5.82 Å². The van der Waals surface area contributed by atoms with Gasteiger partial charge in [-0.05, 0) is 37.0 Å². The summed E-state index contributed by atoms with van der Waals surface area (Å²) in [5, 5.41) is 16.5. The van der Waals surface area contributed by atoms with Gasteiger partial charge in [-0.15, -0.1) is 0 Å². The Kier molecular flexibility index (Phi) is 4.37. The van der Waals surface area contributed by atoms with Gasteiger partial charge >= 0.3 is 0 Å². The summed E-state index contributed by atoms with van der Waals surface area (Å²) in [6.07, 6.45) is 4.48.